The molecule has 0 N–H and O–H groups in total. The van der Waals surface area contributed by atoms with Gasteiger partial charge in [-0.2, -0.15) is 0 Å². The van der Waals surface area contributed by atoms with Gasteiger partial charge in [-0.3, -0.25) is 0 Å². The van der Waals surface area contributed by atoms with Crippen molar-refractivity contribution in [2.24, 2.45) is 0 Å². The average Bonchev–Trinajstić information content (AvgIpc) is 2.98. The lowest BCUT2D eigenvalue weighted by molar-refractivity contribution is 1.21. The Bertz CT molecular complexity index is 629. The van der Waals surface area contributed by atoms with Gasteiger partial charge in [0.15, 0.2) is 0 Å². The van der Waals surface area contributed by atoms with Crippen molar-refractivity contribution in [2.75, 3.05) is 0 Å². The lowest BCUT2D eigenvalue weighted by Gasteiger charge is -1.99. The average molecular weight is 273 g/mol. The summed E-state index contributed by atoms with van der Waals surface area (Å²) in [6.07, 6.45) is 0. The fourth-order valence-corrected chi connectivity index (χ4v) is 3.15. The second kappa shape index (κ2) is 4.59. The molecule has 3 rings (SSSR count). The van der Waals surface area contributed by atoms with Crippen LogP contribution in [0.25, 0.3) is 21.4 Å². The van der Waals surface area contributed by atoms with Gasteiger partial charge in [-0.05, 0) is 26.0 Å². The van der Waals surface area contributed by atoms with Crippen molar-refractivity contribution < 1.29 is 0 Å². The first-order valence-corrected chi connectivity index (χ1v) is 7.30. The van der Waals surface area contributed by atoms with E-state index >= 15 is 0 Å². The van der Waals surface area contributed by atoms with Gasteiger partial charge in [0, 0.05) is 22.1 Å². The molecule has 0 amide bonds. The molecule has 0 fully saturated rings. The van der Waals surface area contributed by atoms with Crippen molar-refractivity contribution in [1.29, 1.82) is 0 Å². The van der Waals surface area contributed by atoms with E-state index in [0.29, 0.717) is 0 Å². The number of aromatic nitrogens is 3. The highest BCUT2D eigenvalue weighted by Crippen LogP contribution is 2.26. The van der Waals surface area contributed by atoms with Crippen molar-refractivity contribution >= 4 is 22.7 Å². The summed E-state index contributed by atoms with van der Waals surface area (Å²) in [7, 11) is 0. The predicted octanol–water partition coefficient (Wildman–Crippen LogP) is 3.95. The molecule has 90 valence electrons. The van der Waals surface area contributed by atoms with Crippen LogP contribution in [0.1, 0.15) is 11.4 Å². The Labute approximate surface area is 113 Å². The van der Waals surface area contributed by atoms with Crippen LogP contribution in [0.2, 0.25) is 0 Å². The number of hydrogen-bond acceptors (Lipinski definition) is 5. The Morgan fingerprint density at radius 2 is 1.28 bits per heavy atom. The van der Waals surface area contributed by atoms with E-state index < -0.39 is 0 Å². The van der Waals surface area contributed by atoms with Crippen molar-refractivity contribution in [3.05, 3.63) is 40.3 Å². The molecule has 0 aliphatic rings. The third-order valence-corrected chi connectivity index (χ3v) is 4.39. The van der Waals surface area contributed by atoms with E-state index in [1.54, 1.807) is 22.7 Å². The van der Waals surface area contributed by atoms with Gasteiger partial charge in [0.05, 0.1) is 11.4 Å². The fraction of sp³-hybridized carbons (Fsp3) is 0.154. The van der Waals surface area contributed by atoms with Gasteiger partial charge in [0.25, 0.3) is 0 Å². The normalized spacial score (nSPS) is 10.8. The Hall–Kier alpha value is -1.59. The minimum Gasteiger partial charge on any atom is -0.243 e. The highest BCUT2D eigenvalue weighted by Gasteiger charge is 2.08. The van der Waals surface area contributed by atoms with E-state index in [0.717, 1.165) is 32.8 Å². The van der Waals surface area contributed by atoms with Crippen LogP contribution in [0.3, 0.4) is 0 Å². The lowest BCUT2D eigenvalue weighted by Crippen LogP contribution is -1.87. The standard InChI is InChI=1S/C13H11N3S2/c1-8-6-17-12(14-8)10-4-3-5-11(16-10)13-15-9(2)7-18-13/h3-7H,1-2H3. The summed E-state index contributed by atoms with van der Waals surface area (Å²) in [5, 5.41) is 6.00. The maximum Gasteiger partial charge on any atom is 0.142 e. The van der Waals surface area contributed by atoms with Crippen molar-refractivity contribution in [3.8, 4) is 21.4 Å². The summed E-state index contributed by atoms with van der Waals surface area (Å²) in [6.45, 7) is 3.99. The van der Waals surface area contributed by atoms with Crippen LogP contribution in [0.15, 0.2) is 29.0 Å². The summed E-state index contributed by atoms with van der Waals surface area (Å²) in [5.74, 6) is 0. The first-order chi connectivity index (χ1) is 8.72. The quantitative estimate of drug-likeness (QED) is 0.709. The first-order valence-electron chi connectivity index (χ1n) is 5.54. The highest BCUT2D eigenvalue weighted by atomic mass is 32.1. The van der Waals surface area contributed by atoms with Crippen LogP contribution < -0.4 is 0 Å². The maximum absolute atomic E-state index is 4.64. The van der Waals surface area contributed by atoms with Crippen molar-refractivity contribution in [2.45, 2.75) is 13.8 Å². The molecule has 0 aliphatic carbocycles. The highest BCUT2D eigenvalue weighted by molar-refractivity contribution is 7.13. The van der Waals surface area contributed by atoms with E-state index in [-0.39, 0.29) is 0 Å². The van der Waals surface area contributed by atoms with Gasteiger partial charge in [0.1, 0.15) is 10.0 Å². The van der Waals surface area contributed by atoms with E-state index in [9.17, 15) is 0 Å². The molecule has 0 saturated carbocycles. The van der Waals surface area contributed by atoms with E-state index in [2.05, 4.69) is 15.0 Å². The maximum atomic E-state index is 4.64. The molecule has 0 spiro atoms. The topological polar surface area (TPSA) is 38.7 Å². The van der Waals surface area contributed by atoms with Gasteiger partial charge >= 0.3 is 0 Å². The Morgan fingerprint density at radius 1 is 0.778 bits per heavy atom. The molecule has 18 heavy (non-hydrogen) atoms. The predicted molar refractivity (Wildman–Crippen MR) is 75.9 cm³/mol. The number of pyridine rings is 1. The van der Waals surface area contributed by atoms with E-state index in [1.165, 1.54) is 0 Å². The first kappa shape index (κ1) is 11.5. The number of hydrogen-bond donors (Lipinski definition) is 0. The summed E-state index contributed by atoms with van der Waals surface area (Å²) in [6, 6.07) is 5.98. The summed E-state index contributed by atoms with van der Waals surface area (Å²) in [4.78, 5) is 13.6. The molecule has 3 aromatic heterocycles. The van der Waals surface area contributed by atoms with Crippen LogP contribution in [0, 0.1) is 13.8 Å². The largest absolute Gasteiger partial charge is 0.243 e. The minimum absolute atomic E-state index is 0.915. The molecule has 0 bridgehead atoms. The molecule has 0 radical (unpaired) electrons. The lowest BCUT2D eigenvalue weighted by atomic mass is 10.3. The van der Waals surface area contributed by atoms with Crippen LogP contribution >= 0.6 is 22.7 Å². The SMILES string of the molecule is Cc1csc(-c2cccc(-c3nc(C)cs3)n2)n1. The molecule has 3 nitrogen and oxygen atoms in total. The molecule has 3 heterocycles. The number of aryl methyl sites for hydroxylation is 2. The van der Waals surface area contributed by atoms with Crippen LogP contribution in [-0.2, 0) is 0 Å². The van der Waals surface area contributed by atoms with Crippen LogP contribution in [0.4, 0.5) is 0 Å². The zero-order chi connectivity index (χ0) is 12.5. The van der Waals surface area contributed by atoms with Crippen LogP contribution in [-0.4, -0.2) is 15.0 Å². The monoisotopic (exact) mass is 273 g/mol. The summed E-state index contributed by atoms with van der Waals surface area (Å²) >= 11 is 3.24. The summed E-state index contributed by atoms with van der Waals surface area (Å²) < 4.78 is 0. The third-order valence-electron chi connectivity index (χ3n) is 2.43. The Morgan fingerprint density at radius 3 is 1.67 bits per heavy atom. The van der Waals surface area contributed by atoms with E-state index in [4.69, 9.17) is 0 Å². The van der Waals surface area contributed by atoms with Gasteiger partial charge in [0.2, 0.25) is 0 Å². The minimum atomic E-state index is 0.915. The van der Waals surface area contributed by atoms with Crippen LogP contribution in [0.5, 0.6) is 0 Å². The molecule has 0 aliphatic heterocycles. The molecule has 0 unspecified atom stereocenters. The Balaban J connectivity index is 2.04. The van der Waals surface area contributed by atoms with Gasteiger partial charge in [-0.1, -0.05) is 6.07 Å². The molecule has 0 aromatic carbocycles. The van der Waals surface area contributed by atoms with Gasteiger partial charge in [-0.25, -0.2) is 15.0 Å². The van der Waals surface area contributed by atoms with Crippen molar-refractivity contribution in [1.82, 2.24) is 15.0 Å². The van der Waals surface area contributed by atoms with E-state index in [1.807, 2.05) is 42.8 Å². The number of thiazole rings is 2. The second-order valence-electron chi connectivity index (χ2n) is 4.00. The molecular formula is C13H11N3S2. The molecule has 5 heteroatoms. The molecule has 0 atom stereocenters. The number of rotatable bonds is 2. The molecule has 3 aromatic rings. The smallest absolute Gasteiger partial charge is 0.142 e. The van der Waals surface area contributed by atoms with Gasteiger partial charge < -0.3 is 0 Å². The third kappa shape index (κ3) is 2.19. The molecular weight excluding hydrogens is 262 g/mol. The zero-order valence-corrected chi connectivity index (χ0v) is 11.7. The zero-order valence-electron chi connectivity index (χ0n) is 10.0. The van der Waals surface area contributed by atoms with Crippen molar-refractivity contribution in [3.63, 3.8) is 0 Å². The van der Waals surface area contributed by atoms with Gasteiger partial charge in [-0.15, -0.1) is 22.7 Å². The fourth-order valence-electron chi connectivity index (χ4n) is 1.62. The molecule has 0 saturated heterocycles. The number of nitrogens with zero attached hydrogens (tertiary/aromatic N) is 3. The second-order valence-corrected chi connectivity index (χ2v) is 5.71. The Kier molecular flexibility index (Phi) is 2.93. The summed E-state index contributed by atoms with van der Waals surface area (Å²) in [5.41, 5.74) is 3.90.